The first-order valence-corrected chi connectivity index (χ1v) is 9.10. The van der Waals surface area contributed by atoms with Crippen LogP contribution in [0.3, 0.4) is 0 Å². The number of hydrogen-bond donors (Lipinski definition) is 6. The molecule has 0 rings (SSSR count). The van der Waals surface area contributed by atoms with Crippen molar-refractivity contribution in [2.45, 2.75) is 71.1 Å². The van der Waals surface area contributed by atoms with Crippen molar-refractivity contribution >= 4 is 23.7 Å². The molecule has 10 heteroatoms. The Balaban J connectivity index is 4.91. The number of amides is 3. The van der Waals surface area contributed by atoms with Gasteiger partial charge in [-0.05, 0) is 45.6 Å². The lowest BCUT2D eigenvalue weighted by Crippen LogP contribution is -2.56. The Labute approximate surface area is 159 Å². The molecule has 0 fully saturated rings. The quantitative estimate of drug-likeness (QED) is 0.225. The van der Waals surface area contributed by atoms with Gasteiger partial charge in [-0.25, -0.2) is 0 Å². The van der Waals surface area contributed by atoms with Gasteiger partial charge < -0.3 is 32.5 Å². The van der Waals surface area contributed by atoms with Crippen molar-refractivity contribution in [3.05, 3.63) is 0 Å². The molecule has 0 aromatic heterocycles. The van der Waals surface area contributed by atoms with Crippen LogP contribution in [-0.2, 0) is 19.2 Å². The second kappa shape index (κ2) is 12.2. The number of hydrogen-bond acceptors (Lipinski definition) is 6. The Hall–Kier alpha value is -2.20. The number of carboxylic acid groups (broad SMARTS) is 1. The van der Waals surface area contributed by atoms with E-state index in [0.29, 0.717) is 25.8 Å². The fraction of sp³-hybridized carbons (Fsp3) is 0.765. The number of carbonyl (C=O) groups excluding carboxylic acids is 3. The van der Waals surface area contributed by atoms with Crippen molar-refractivity contribution in [1.29, 1.82) is 0 Å². The first kappa shape index (κ1) is 24.8. The highest BCUT2D eigenvalue weighted by molar-refractivity contribution is 5.93. The largest absolute Gasteiger partial charge is 0.480 e. The summed E-state index contributed by atoms with van der Waals surface area (Å²) in [7, 11) is 0. The molecule has 27 heavy (non-hydrogen) atoms. The average molecular weight is 387 g/mol. The summed E-state index contributed by atoms with van der Waals surface area (Å²) in [5.74, 6) is -2.90. The molecule has 0 saturated heterocycles. The molecule has 0 radical (unpaired) electrons. The number of nitrogens with one attached hydrogen (secondary N) is 3. The molecule has 0 aliphatic heterocycles. The minimum Gasteiger partial charge on any atom is -0.480 e. The summed E-state index contributed by atoms with van der Waals surface area (Å²) in [5, 5.41) is 16.3. The van der Waals surface area contributed by atoms with Gasteiger partial charge in [-0.3, -0.25) is 19.2 Å². The standard InChI is InChI=1S/C17H33N5O5/c1-9(2)13(19)16(25)20-10(3)14(23)22-12(7-5-6-8-18)15(24)21-11(4)17(26)27/h9-13H,5-8,18-19H2,1-4H3,(H,20,25)(H,21,24)(H,22,23)(H,26,27). The minimum atomic E-state index is -1.18. The third kappa shape index (κ3) is 9.34. The topological polar surface area (TPSA) is 177 Å². The van der Waals surface area contributed by atoms with Crippen molar-refractivity contribution in [2.24, 2.45) is 17.4 Å². The Morgan fingerprint density at radius 1 is 0.852 bits per heavy atom. The van der Waals surface area contributed by atoms with Gasteiger partial charge in [-0.15, -0.1) is 0 Å². The molecule has 0 heterocycles. The van der Waals surface area contributed by atoms with Crippen LogP contribution >= 0.6 is 0 Å². The highest BCUT2D eigenvalue weighted by atomic mass is 16.4. The molecule has 4 unspecified atom stereocenters. The fourth-order valence-electron chi connectivity index (χ4n) is 2.11. The summed E-state index contributed by atoms with van der Waals surface area (Å²) >= 11 is 0. The van der Waals surface area contributed by atoms with Crippen LogP contribution in [0.2, 0.25) is 0 Å². The molecule has 156 valence electrons. The lowest BCUT2D eigenvalue weighted by molar-refractivity contribution is -0.141. The molecule has 0 saturated carbocycles. The Morgan fingerprint density at radius 3 is 1.89 bits per heavy atom. The van der Waals surface area contributed by atoms with E-state index in [0.717, 1.165) is 0 Å². The zero-order valence-electron chi connectivity index (χ0n) is 16.5. The van der Waals surface area contributed by atoms with E-state index >= 15 is 0 Å². The molecular formula is C17H33N5O5. The third-order valence-electron chi connectivity index (χ3n) is 4.08. The van der Waals surface area contributed by atoms with Crippen LogP contribution in [0.15, 0.2) is 0 Å². The van der Waals surface area contributed by atoms with E-state index in [1.165, 1.54) is 13.8 Å². The van der Waals surface area contributed by atoms with Crippen LogP contribution in [0.25, 0.3) is 0 Å². The fourth-order valence-corrected chi connectivity index (χ4v) is 2.11. The molecule has 4 atom stereocenters. The molecule has 3 amide bonds. The molecule has 0 aliphatic rings. The van der Waals surface area contributed by atoms with Crippen molar-refractivity contribution in [3.63, 3.8) is 0 Å². The number of carboxylic acids is 1. The number of rotatable bonds is 12. The van der Waals surface area contributed by atoms with Gasteiger partial charge in [-0.2, -0.15) is 0 Å². The maximum absolute atomic E-state index is 12.4. The van der Waals surface area contributed by atoms with E-state index in [2.05, 4.69) is 16.0 Å². The molecule has 0 aromatic carbocycles. The van der Waals surface area contributed by atoms with Crippen LogP contribution in [0, 0.1) is 5.92 Å². The van der Waals surface area contributed by atoms with Gasteiger partial charge in [0.2, 0.25) is 17.7 Å². The van der Waals surface area contributed by atoms with Gasteiger partial charge in [0.25, 0.3) is 0 Å². The van der Waals surface area contributed by atoms with E-state index in [-0.39, 0.29) is 5.92 Å². The molecule has 0 aliphatic carbocycles. The summed E-state index contributed by atoms with van der Waals surface area (Å²) in [5.41, 5.74) is 11.2. The Bertz CT molecular complexity index is 526. The van der Waals surface area contributed by atoms with Crippen LogP contribution in [0.1, 0.15) is 47.0 Å². The summed E-state index contributed by atoms with van der Waals surface area (Å²) in [4.78, 5) is 47.5. The predicted octanol–water partition coefficient (Wildman–Crippen LogP) is -1.32. The van der Waals surface area contributed by atoms with Gasteiger partial charge >= 0.3 is 5.97 Å². The first-order chi connectivity index (χ1) is 12.5. The molecule has 0 bridgehead atoms. The van der Waals surface area contributed by atoms with Crippen molar-refractivity contribution < 1.29 is 24.3 Å². The zero-order valence-corrected chi connectivity index (χ0v) is 16.5. The third-order valence-corrected chi connectivity index (χ3v) is 4.08. The monoisotopic (exact) mass is 387 g/mol. The Kier molecular flexibility index (Phi) is 11.2. The smallest absolute Gasteiger partial charge is 0.325 e. The summed E-state index contributed by atoms with van der Waals surface area (Å²) in [6.45, 7) is 6.82. The summed E-state index contributed by atoms with van der Waals surface area (Å²) in [6.07, 6.45) is 1.53. The number of nitrogens with two attached hydrogens (primary N) is 2. The van der Waals surface area contributed by atoms with Gasteiger partial charge in [0, 0.05) is 0 Å². The van der Waals surface area contributed by atoms with Gasteiger partial charge in [0.1, 0.15) is 18.1 Å². The first-order valence-electron chi connectivity index (χ1n) is 9.10. The van der Waals surface area contributed by atoms with Crippen LogP contribution in [0.4, 0.5) is 0 Å². The van der Waals surface area contributed by atoms with E-state index in [1.54, 1.807) is 13.8 Å². The minimum absolute atomic E-state index is 0.0902. The van der Waals surface area contributed by atoms with E-state index in [9.17, 15) is 19.2 Å². The maximum Gasteiger partial charge on any atom is 0.325 e. The highest BCUT2D eigenvalue weighted by Gasteiger charge is 2.27. The average Bonchev–Trinajstić information content (AvgIpc) is 2.59. The normalized spacial score (nSPS) is 15.4. The van der Waals surface area contributed by atoms with Gasteiger partial charge in [-0.1, -0.05) is 13.8 Å². The maximum atomic E-state index is 12.4. The second-order valence-corrected chi connectivity index (χ2v) is 6.91. The zero-order chi connectivity index (χ0) is 21.1. The lowest BCUT2D eigenvalue weighted by atomic mass is 10.0. The van der Waals surface area contributed by atoms with Crippen LogP contribution in [-0.4, -0.2) is 59.5 Å². The molecule has 0 aromatic rings. The van der Waals surface area contributed by atoms with E-state index in [4.69, 9.17) is 16.6 Å². The highest BCUT2D eigenvalue weighted by Crippen LogP contribution is 2.03. The van der Waals surface area contributed by atoms with Crippen molar-refractivity contribution in [2.75, 3.05) is 6.54 Å². The van der Waals surface area contributed by atoms with Crippen molar-refractivity contribution in [1.82, 2.24) is 16.0 Å². The molecule has 0 spiro atoms. The summed E-state index contributed by atoms with van der Waals surface area (Å²) in [6, 6.07) is -3.67. The number of aliphatic carboxylic acids is 1. The number of carbonyl (C=O) groups is 4. The predicted molar refractivity (Wildman–Crippen MR) is 100 cm³/mol. The molecular weight excluding hydrogens is 354 g/mol. The Morgan fingerprint density at radius 2 is 1.41 bits per heavy atom. The second-order valence-electron chi connectivity index (χ2n) is 6.91. The van der Waals surface area contributed by atoms with Crippen LogP contribution in [0.5, 0.6) is 0 Å². The van der Waals surface area contributed by atoms with E-state index < -0.39 is 47.9 Å². The molecule has 8 N–H and O–H groups in total. The van der Waals surface area contributed by atoms with Crippen molar-refractivity contribution in [3.8, 4) is 0 Å². The summed E-state index contributed by atoms with van der Waals surface area (Å²) < 4.78 is 0. The molecule has 10 nitrogen and oxygen atoms in total. The lowest BCUT2D eigenvalue weighted by Gasteiger charge is -2.23. The van der Waals surface area contributed by atoms with Gasteiger partial charge in [0.05, 0.1) is 6.04 Å². The van der Waals surface area contributed by atoms with Crippen LogP contribution < -0.4 is 27.4 Å². The SMILES string of the molecule is CC(NC(=O)C(CCCCN)NC(=O)C(C)NC(=O)C(N)C(C)C)C(=O)O. The number of unbranched alkanes of at least 4 members (excludes halogenated alkanes) is 1. The van der Waals surface area contributed by atoms with E-state index in [1.807, 2.05) is 0 Å². The van der Waals surface area contributed by atoms with Gasteiger partial charge in [0.15, 0.2) is 0 Å².